The molecule has 0 amide bonds. The Morgan fingerprint density at radius 1 is 1.05 bits per heavy atom. The monoisotopic (exact) mass is 257 g/mol. The third kappa shape index (κ3) is 3.13. The van der Waals surface area contributed by atoms with E-state index in [9.17, 15) is 5.11 Å². The summed E-state index contributed by atoms with van der Waals surface area (Å²) >= 11 is 0. The number of ether oxygens (including phenoxy) is 1. The van der Waals surface area contributed by atoms with Gasteiger partial charge in [-0.15, -0.1) is 0 Å². The van der Waals surface area contributed by atoms with E-state index in [4.69, 9.17) is 10.5 Å². The number of para-hydroxylation sites is 2. The van der Waals surface area contributed by atoms with Crippen molar-refractivity contribution in [3.8, 4) is 11.5 Å². The van der Waals surface area contributed by atoms with Gasteiger partial charge in [-0.1, -0.05) is 43.3 Å². The van der Waals surface area contributed by atoms with E-state index >= 15 is 0 Å². The highest BCUT2D eigenvalue weighted by atomic mass is 16.5. The van der Waals surface area contributed by atoms with Gasteiger partial charge in [0.15, 0.2) is 0 Å². The lowest BCUT2D eigenvalue weighted by molar-refractivity contribution is 0.276. The van der Waals surface area contributed by atoms with Crippen molar-refractivity contribution in [3.05, 3.63) is 59.7 Å². The van der Waals surface area contributed by atoms with E-state index in [1.54, 1.807) is 0 Å². The first-order valence-electron chi connectivity index (χ1n) is 6.47. The van der Waals surface area contributed by atoms with Gasteiger partial charge in [0, 0.05) is 17.2 Å². The molecule has 0 bridgehead atoms. The normalized spacial score (nSPS) is 12.2. The number of aliphatic hydroxyl groups excluding tert-OH is 1. The average molecular weight is 257 g/mol. The van der Waals surface area contributed by atoms with Gasteiger partial charge in [0.05, 0.1) is 6.61 Å². The van der Waals surface area contributed by atoms with Gasteiger partial charge in [-0.25, -0.2) is 0 Å². The second kappa shape index (κ2) is 6.36. The molecule has 0 aliphatic carbocycles. The van der Waals surface area contributed by atoms with E-state index in [0.717, 1.165) is 23.3 Å². The predicted octanol–water partition coefficient (Wildman–Crippen LogP) is 3.38. The molecule has 100 valence electrons. The number of hydrogen-bond acceptors (Lipinski definition) is 3. The fourth-order valence-corrected chi connectivity index (χ4v) is 1.95. The second-order valence-corrected chi connectivity index (χ2v) is 4.42. The quantitative estimate of drug-likeness (QED) is 0.863. The third-order valence-electron chi connectivity index (χ3n) is 3.12. The standard InChI is InChI=1S/C16H19NO2/c1-2-14(17)13-8-4-6-10-16(13)19-15-9-5-3-7-12(15)11-18/h3-10,14,18H,2,11,17H2,1H3. The molecule has 2 rings (SSSR count). The largest absolute Gasteiger partial charge is 0.457 e. The summed E-state index contributed by atoms with van der Waals surface area (Å²) in [4.78, 5) is 0. The summed E-state index contributed by atoms with van der Waals surface area (Å²) in [5.74, 6) is 1.42. The average Bonchev–Trinajstić information content (AvgIpc) is 2.47. The minimum Gasteiger partial charge on any atom is -0.457 e. The first-order valence-corrected chi connectivity index (χ1v) is 6.47. The lowest BCUT2D eigenvalue weighted by atomic mass is 10.0. The van der Waals surface area contributed by atoms with Crippen molar-refractivity contribution in [2.24, 2.45) is 5.73 Å². The minimum absolute atomic E-state index is 0.0435. The molecule has 1 unspecified atom stereocenters. The van der Waals surface area contributed by atoms with E-state index in [0.29, 0.717) is 5.75 Å². The molecule has 0 spiro atoms. The smallest absolute Gasteiger partial charge is 0.132 e. The molecule has 2 aromatic carbocycles. The van der Waals surface area contributed by atoms with Gasteiger partial charge in [0.25, 0.3) is 0 Å². The summed E-state index contributed by atoms with van der Waals surface area (Å²) in [6, 6.07) is 15.2. The van der Waals surface area contributed by atoms with Crippen LogP contribution < -0.4 is 10.5 Å². The summed E-state index contributed by atoms with van der Waals surface area (Å²) in [6.07, 6.45) is 0.849. The molecule has 1 atom stereocenters. The first-order chi connectivity index (χ1) is 9.26. The van der Waals surface area contributed by atoms with Gasteiger partial charge >= 0.3 is 0 Å². The molecule has 0 fully saturated rings. The van der Waals surface area contributed by atoms with Crippen LogP contribution in [0.4, 0.5) is 0 Å². The lowest BCUT2D eigenvalue weighted by Gasteiger charge is -2.16. The molecule has 0 aromatic heterocycles. The number of benzene rings is 2. The predicted molar refractivity (Wildman–Crippen MR) is 76.1 cm³/mol. The Bertz CT molecular complexity index is 540. The van der Waals surface area contributed by atoms with Crippen LogP contribution in [0.2, 0.25) is 0 Å². The van der Waals surface area contributed by atoms with Gasteiger partial charge in [0.1, 0.15) is 11.5 Å². The maximum atomic E-state index is 9.32. The molecule has 3 nitrogen and oxygen atoms in total. The van der Waals surface area contributed by atoms with Gasteiger partial charge in [-0.2, -0.15) is 0 Å². The zero-order valence-electron chi connectivity index (χ0n) is 11.0. The van der Waals surface area contributed by atoms with Crippen molar-refractivity contribution in [1.29, 1.82) is 0 Å². The summed E-state index contributed by atoms with van der Waals surface area (Å²) < 4.78 is 5.91. The number of hydrogen-bond donors (Lipinski definition) is 2. The third-order valence-corrected chi connectivity index (χ3v) is 3.12. The first kappa shape index (κ1) is 13.6. The molecule has 2 aromatic rings. The van der Waals surface area contributed by atoms with Crippen molar-refractivity contribution in [2.45, 2.75) is 26.0 Å². The Morgan fingerprint density at radius 2 is 1.68 bits per heavy atom. The van der Waals surface area contributed by atoms with E-state index in [-0.39, 0.29) is 12.6 Å². The number of nitrogens with two attached hydrogens (primary N) is 1. The van der Waals surface area contributed by atoms with E-state index in [1.807, 2.05) is 55.5 Å². The van der Waals surface area contributed by atoms with Crippen molar-refractivity contribution in [1.82, 2.24) is 0 Å². The lowest BCUT2D eigenvalue weighted by Crippen LogP contribution is -2.10. The van der Waals surface area contributed by atoms with E-state index in [2.05, 4.69) is 0 Å². The zero-order valence-corrected chi connectivity index (χ0v) is 11.0. The van der Waals surface area contributed by atoms with Gasteiger partial charge in [-0.05, 0) is 18.6 Å². The zero-order chi connectivity index (χ0) is 13.7. The molecular formula is C16H19NO2. The molecular weight excluding hydrogens is 238 g/mol. The van der Waals surface area contributed by atoms with Crippen LogP contribution in [0.25, 0.3) is 0 Å². The van der Waals surface area contributed by atoms with Gasteiger partial charge in [0.2, 0.25) is 0 Å². The molecule has 19 heavy (non-hydrogen) atoms. The van der Waals surface area contributed by atoms with Crippen molar-refractivity contribution in [2.75, 3.05) is 0 Å². The summed E-state index contributed by atoms with van der Waals surface area (Å²) in [5, 5.41) is 9.32. The molecule has 0 aliphatic heterocycles. The maximum Gasteiger partial charge on any atom is 0.132 e. The van der Waals surface area contributed by atoms with Gasteiger partial charge in [-0.3, -0.25) is 0 Å². The SMILES string of the molecule is CCC(N)c1ccccc1Oc1ccccc1CO. The van der Waals surface area contributed by atoms with Crippen LogP contribution in [0, 0.1) is 0 Å². The molecule has 0 heterocycles. The summed E-state index contributed by atoms with van der Waals surface area (Å²) in [5.41, 5.74) is 7.84. The molecule has 0 aliphatic rings. The van der Waals surface area contributed by atoms with Crippen molar-refractivity contribution >= 4 is 0 Å². The number of aliphatic hydroxyl groups is 1. The molecule has 3 heteroatoms. The van der Waals surface area contributed by atoms with Crippen molar-refractivity contribution in [3.63, 3.8) is 0 Å². The minimum atomic E-state index is -0.0440. The molecule has 3 N–H and O–H groups in total. The van der Waals surface area contributed by atoms with Crippen LogP contribution in [-0.2, 0) is 6.61 Å². The maximum absolute atomic E-state index is 9.32. The van der Waals surface area contributed by atoms with Crippen LogP contribution in [0.15, 0.2) is 48.5 Å². The Kier molecular flexibility index (Phi) is 4.55. The molecule has 0 saturated heterocycles. The van der Waals surface area contributed by atoms with Crippen LogP contribution in [0.3, 0.4) is 0 Å². The van der Waals surface area contributed by atoms with Crippen LogP contribution in [0.5, 0.6) is 11.5 Å². The van der Waals surface area contributed by atoms with Crippen LogP contribution in [0.1, 0.15) is 30.5 Å². The van der Waals surface area contributed by atoms with E-state index < -0.39 is 0 Å². The highest BCUT2D eigenvalue weighted by Gasteiger charge is 2.11. The Balaban J connectivity index is 2.33. The Morgan fingerprint density at radius 3 is 2.37 bits per heavy atom. The fourth-order valence-electron chi connectivity index (χ4n) is 1.95. The highest BCUT2D eigenvalue weighted by molar-refractivity contribution is 5.42. The van der Waals surface area contributed by atoms with Gasteiger partial charge < -0.3 is 15.6 Å². The van der Waals surface area contributed by atoms with Crippen LogP contribution in [-0.4, -0.2) is 5.11 Å². The Hall–Kier alpha value is -1.84. The molecule has 0 radical (unpaired) electrons. The summed E-state index contributed by atoms with van der Waals surface area (Å²) in [6.45, 7) is 2.00. The topological polar surface area (TPSA) is 55.5 Å². The second-order valence-electron chi connectivity index (χ2n) is 4.42. The van der Waals surface area contributed by atoms with Crippen LogP contribution >= 0.6 is 0 Å². The Labute approximate surface area is 113 Å². The molecule has 0 saturated carbocycles. The van der Waals surface area contributed by atoms with E-state index in [1.165, 1.54) is 0 Å². The fraction of sp³-hybridized carbons (Fsp3) is 0.250. The summed E-state index contributed by atoms with van der Waals surface area (Å²) in [7, 11) is 0. The number of rotatable bonds is 5. The highest BCUT2D eigenvalue weighted by Crippen LogP contribution is 2.31. The van der Waals surface area contributed by atoms with Crippen molar-refractivity contribution < 1.29 is 9.84 Å².